The van der Waals surface area contributed by atoms with Gasteiger partial charge in [0, 0.05) is 6.07 Å². The zero-order chi connectivity index (χ0) is 26.0. The Bertz CT molecular complexity index is 1450. The minimum Gasteiger partial charge on any atom is -0.493 e. The van der Waals surface area contributed by atoms with Crippen molar-refractivity contribution < 1.29 is 24.1 Å². The molecule has 4 rings (SSSR count). The molecule has 3 aromatic rings. The van der Waals surface area contributed by atoms with Crippen LogP contribution in [-0.4, -0.2) is 28.6 Å². The van der Waals surface area contributed by atoms with Gasteiger partial charge in [-0.3, -0.25) is 25.0 Å². The number of halogens is 1. The molecule has 3 aromatic carbocycles. The second kappa shape index (κ2) is 9.96. The SMILES string of the molecule is COc1cc(/C=C2/C(=O)N(c3ccccc3)N=C2C)cc(Br)c1Oc1ccc([N+](=O)[O-])cc1[N+](=O)[O-]. The van der Waals surface area contributed by atoms with Crippen LogP contribution in [0.4, 0.5) is 17.1 Å². The van der Waals surface area contributed by atoms with E-state index in [0.29, 0.717) is 27.0 Å². The lowest BCUT2D eigenvalue weighted by Crippen LogP contribution is -2.21. The third-order valence-corrected chi connectivity index (χ3v) is 5.78. The highest BCUT2D eigenvalue weighted by Crippen LogP contribution is 2.43. The molecule has 36 heavy (non-hydrogen) atoms. The molecule has 12 heteroatoms. The molecular weight excluding hydrogens is 536 g/mol. The first-order valence-corrected chi connectivity index (χ1v) is 11.1. The third-order valence-electron chi connectivity index (χ3n) is 5.19. The molecule has 1 aliphatic heterocycles. The summed E-state index contributed by atoms with van der Waals surface area (Å²) in [6.45, 7) is 1.73. The fourth-order valence-electron chi connectivity index (χ4n) is 3.48. The molecule has 0 bridgehead atoms. The number of para-hydroxylation sites is 1. The normalized spacial score (nSPS) is 14.1. The van der Waals surface area contributed by atoms with Gasteiger partial charge in [-0.2, -0.15) is 10.1 Å². The number of ether oxygens (including phenoxy) is 2. The van der Waals surface area contributed by atoms with Gasteiger partial charge in [0.2, 0.25) is 5.75 Å². The number of hydrazone groups is 1. The Morgan fingerprint density at radius 1 is 1.00 bits per heavy atom. The van der Waals surface area contributed by atoms with Gasteiger partial charge < -0.3 is 9.47 Å². The summed E-state index contributed by atoms with van der Waals surface area (Å²) in [5.41, 5.74) is 1.11. The summed E-state index contributed by atoms with van der Waals surface area (Å²) in [4.78, 5) is 34.0. The van der Waals surface area contributed by atoms with Gasteiger partial charge in [-0.05, 0) is 64.8 Å². The van der Waals surface area contributed by atoms with E-state index in [-0.39, 0.29) is 23.2 Å². The van der Waals surface area contributed by atoms with Crippen LogP contribution in [0.5, 0.6) is 17.2 Å². The molecule has 0 unspecified atom stereocenters. The number of carbonyl (C=O) groups is 1. The molecule has 1 aliphatic rings. The Hall–Kier alpha value is -4.58. The van der Waals surface area contributed by atoms with Gasteiger partial charge in [0.05, 0.1) is 44.5 Å². The van der Waals surface area contributed by atoms with Crippen molar-refractivity contribution in [2.45, 2.75) is 6.92 Å². The Morgan fingerprint density at radius 3 is 2.36 bits per heavy atom. The number of benzene rings is 3. The number of nitro benzene ring substituents is 2. The maximum absolute atomic E-state index is 13.0. The molecule has 0 fully saturated rings. The van der Waals surface area contributed by atoms with Crippen LogP contribution in [0, 0.1) is 20.2 Å². The van der Waals surface area contributed by atoms with E-state index in [4.69, 9.17) is 9.47 Å². The van der Waals surface area contributed by atoms with Crippen molar-refractivity contribution in [2.24, 2.45) is 5.10 Å². The van der Waals surface area contributed by atoms with Crippen LogP contribution >= 0.6 is 15.9 Å². The number of carbonyl (C=O) groups excluding carboxylic acids is 1. The number of rotatable bonds is 7. The highest BCUT2D eigenvalue weighted by molar-refractivity contribution is 9.10. The highest BCUT2D eigenvalue weighted by Gasteiger charge is 2.29. The zero-order valence-electron chi connectivity index (χ0n) is 18.9. The van der Waals surface area contributed by atoms with Crippen LogP contribution in [0.1, 0.15) is 12.5 Å². The molecule has 0 aliphatic carbocycles. The minimum atomic E-state index is -0.770. The van der Waals surface area contributed by atoms with Gasteiger partial charge in [0.1, 0.15) is 0 Å². The first-order valence-electron chi connectivity index (χ1n) is 10.3. The quantitative estimate of drug-likeness (QED) is 0.203. The number of methoxy groups -OCH3 is 1. The van der Waals surface area contributed by atoms with E-state index in [0.717, 1.165) is 18.2 Å². The molecule has 182 valence electrons. The molecule has 0 aromatic heterocycles. The van der Waals surface area contributed by atoms with Crippen LogP contribution in [-0.2, 0) is 4.79 Å². The summed E-state index contributed by atoms with van der Waals surface area (Å²) >= 11 is 3.39. The number of nitro groups is 2. The van der Waals surface area contributed by atoms with Gasteiger partial charge in [-0.15, -0.1) is 0 Å². The molecule has 0 spiro atoms. The summed E-state index contributed by atoms with van der Waals surface area (Å²) in [7, 11) is 1.39. The lowest BCUT2D eigenvalue weighted by molar-refractivity contribution is -0.394. The monoisotopic (exact) mass is 552 g/mol. The van der Waals surface area contributed by atoms with Crippen molar-refractivity contribution in [2.75, 3.05) is 12.1 Å². The lowest BCUT2D eigenvalue weighted by Gasteiger charge is -2.14. The van der Waals surface area contributed by atoms with Crippen LogP contribution in [0.2, 0.25) is 0 Å². The van der Waals surface area contributed by atoms with Crippen LogP contribution in [0.15, 0.2) is 75.8 Å². The average Bonchev–Trinajstić information content (AvgIpc) is 3.14. The number of nitrogens with zero attached hydrogens (tertiary/aromatic N) is 4. The zero-order valence-corrected chi connectivity index (χ0v) is 20.5. The minimum absolute atomic E-state index is 0.116. The van der Waals surface area contributed by atoms with E-state index >= 15 is 0 Å². The Morgan fingerprint density at radius 2 is 1.72 bits per heavy atom. The predicted molar refractivity (Wildman–Crippen MR) is 136 cm³/mol. The molecule has 1 amide bonds. The van der Waals surface area contributed by atoms with Crippen LogP contribution in [0.25, 0.3) is 6.08 Å². The van der Waals surface area contributed by atoms with Crippen molar-refractivity contribution in [3.05, 3.63) is 96.5 Å². The van der Waals surface area contributed by atoms with Crippen molar-refractivity contribution in [3.8, 4) is 17.2 Å². The number of anilines is 1. The second-order valence-electron chi connectivity index (χ2n) is 7.50. The Kier molecular flexibility index (Phi) is 6.79. The van der Waals surface area contributed by atoms with E-state index in [1.165, 1.54) is 12.1 Å². The average molecular weight is 553 g/mol. The fourth-order valence-corrected chi connectivity index (χ4v) is 4.02. The molecule has 0 atom stereocenters. The van der Waals surface area contributed by atoms with E-state index in [1.54, 1.807) is 37.3 Å². The summed E-state index contributed by atoms with van der Waals surface area (Å²) in [5.74, 6) is -0.173. The van der Waals surface area contributed by atoms with Crippen molar-refractivity contribution in [1.82, 2.24) is 0 Å². The van der Waals surface area contributed by atoms with Gasteiger partial charge >= 0.3 is 5.69 Å². The number of non-ortho nitro benzene ring substituents is 1. The van der Waals surface area contributed by atoms with Crippen LogP contribution < -0.4 is 14.5 Å². The lowest BCUT2D eigenvalue weighted by atomic mass is 10.1. The smallest absolute Gasteiger partial charge is 0.318 e. The topological polar surface area (TPSA) is 137 Å². The molecule has 0 saturated heterocycles. The largest absolute Gasteiger partial charge is 0.493 e. The number of hydrogen-bond donors (Lipinski definition) is 0. The number of hydrogen-bond acceptors (Lipinski definition) is 8. The summed E-state index contributed by atoms with van der Waals surface area (Å²) in [6, 6.07) is 15.3. The summed E-state index contributed by atoms with van der Waals surface area (Å²) in [6.07, 6.45) is 1.65. The molecule has 0 radical (unpaired) electrons. The molecule has 0 N–H and O–H groups in total. The van der Waals surface area contributed by atoms with E-state index in [1.807, 2.05) is 18.2 Å². The van der Waals surface area contributed by atoms with Gasteiger partial charge in [-0.25, -0.2) is 0 Å². The maximum atomic E-state index is 13.0. The fraction of sp³-hybridized carbons (Fsp3) is 0.0833. The van der Waals surface area contributed by atoms with E-state index < -0.39 is 21.2 Å². The predicted octanol–water partition coefficient (Wildman–Crippen LogP) is 5.87. The number of amides is 1. The van der Waals surface area contributed by atoms with Crippen molar-refractivity contribution in [1.29, 1.82) is 0 Å². The second-order valence-corrected chi connectivity index (χ2v) is 8.35. The summed E-state index contributed by atoms with van der Waals surface area (Å²) < 4.78 is 11.5. The first-order chi connectivity index (χ1) is 17.2. The van der Waals surface area contributed by atoms with Gasteiger partial charge in [-0.1, -0.05) is 18.2 Å². The summed E-state index contributed by atoms with van der Waals surface area (Å²) in [5, 5.41) is 28.1. The molecule has 0 saturated carbocycles. The standard InChI is InChI=1S/C24H17BrN4O7/c1-14-18(24(30)27(26-14)16-6-4-3-5-7-16)10-15-11-19(25)23(22(12-15)35-2)36-21-9-8-17(28(31)32)13-20(21)29(33)34/h3-13H,1-2H3/b18-10+. The first kappa shape index (κ1) is 24.5. The Labute approximate surface area is 212 Å². The van der Waals surface area contributed by atoms with Crippen molar-refractivity contribution >= 4 is 50.7 Å². The van der Waals surface area contributed by atoms with Gasteiger partial charge in [0.15, 0.2) is 11.5 Å². The van der Waals surface area contributed by atoms with Gasteiger partial charge in [0.25, 0.3) is 11.6 Å². The maximum Gasteiger partial charge on any atom is 0.318 e. The molecule has 1 heterocycles. The highest BCUT2D eigenvalue weighted by atomic mass is 79.9. The molecular formula is C24H17BrN4O7. The Balaban J connectivity index is 1.68. The third kappa shape index (κ3) is 4.79. The van der Waals surface area contributed by atoms with E-state index in [2.05, 4.69) is 21.0 Å². The van der Waals surface area contributed by atoms with Crippen molar-refractivity contribution in [3.63, 3.8) is 0 Å². The van der Waals surface area contributed by atoms with Crippen LogP contribution in [0.3, 0.4) is 0 Å². The molecule has 11 nitrogen and oxygen atoms in total. The van der Waals surface area contributed by atoms with E-state index in [9.17, 15) is 25.0 Å².